The normalized spacial score (nSPS) is 12.9. The summed E-state index contributed by atoms with van der Waals surface area (Å²) >= 11 is 0. The van der Waals surface area contributed by atoms with Crippen LogP contribution >= 0.6 is 12.4 Å². The molecule has 0 bridgehead atoms. The van der Waals surface area contributed by atoms with Crippen LogP contribution in [0.5, 0.6) is 5.75 Å². The van der Waals surface area contributed by atoms with Crippen molar-refractivity contribution in [3.63, 3.8) is 0 Å². The molecule has 2 aromatic rings. The lowest BCUT2D eigenvalue weighted by Gasteiger charge is -2.20. The minimum Gasteiger partial charge on any atom is -0.497 e. The van der Waals surface area contributed by atoms with Crippen molar-refractivity contribution in [3.8, 4) is 11.4 Å². The summed E-state index contributed by atoms with van der Waals surface area (Å²) in [4.78, 5) is 24.1. The Hall–Kier alpha value is -2.31. The van der Waals surface area contributed by atoms with E-state index in [9.17, 15) is 14.7 Å². The van der Waals surface area contributed by atoms with E-state index < -0.39 is 11.5 Å². The number of rotatable bonds is 3. The fraction of sp³-hybridized carbons (Fsp3) is 0.250. The minimum absolute atomic E-state index is 0. The molecule has 0 atom stereocenters. The molecule has 0 fully saturated rings. The zero-order valence-electron chi connectivity index (χ0n) is 12.5. The first-order chi connectivity index (χ1) is 10.6. The summed E-state index contributed by atoms with van der Waals surface area (Å²) in [6.45, 7) is 1.24. The van der Waals surface area contributed by atoms with E-state index in [0.717, 1.165) is 5.56 Å². The van der Waals surface area contributed by atoms with Gasteiger partial charge in [-0.2, -0.15) is 0 Å². The second-order valence-electron chi connectivity index (χ2n) is 5.11. The summed E-state index contributed by atoms with van der Waals surface area (Å²) in [7, 11) is 1.56. The zero-order chi connectivity index (χ0) is 15.7. The van der Waals surface area contributed by atoms with Crippen molar-refractivity contribution in [3.05, 3.63) is 57.5 Å². The van der Waals surface area contributed by atoms with E-state index in [4.69, 9.17) is 4.74 Å². The second-order valence-corrected chi connectivity index (χ2v) is 5.11. The molecule has 1 aromatic heterocycles. The van der Waals surface area contributed by atoms with Gasteiger partial charge in [-0.25, -0.2) is 4.79 Å². The van der Waals surface area contributed by atoms with E-state index in [2.05, 4.69) is 5.32 Å². The van der Waals surface area contributed by atoms with Gasteiger partial charge in [0, 0.05) is 18.4 Å². The SMILES string of the molecule is COc1ccc(-n2cc3c(c(C(=O)O)c2=O)CCNC3)cc1.Cl. The summed E-state index contributed by atoms with van der Waals surface area (Å²) in [5.74, 6) is -0.499. The van der Waals surface area contributed by atoms with Crippen molar-refractivity contribution in [1.29, 1.82) is 0 Å². The molecule has 0 aliphatic carbocycles. The number of benzene rings is 1. The third kappa shape index (κ3) is 3.09. The first kappa shape index (κ1) is 17.1. The van der Waals surface area contributed by atoms with Crippen molar-refractivity contribution < 1.29 is 14.6 Å². The van der Waals surface area contributed by atoms with Crippen LogP contribution in [0.25, 0.3) is 5.69 Å². The maximum absolute atomic E-state index is 12.6. The monoisotopic (exact) mass is 336 g/mol. The molecule has 0 radical (unpaired) electrons. The number of carboxylic acids is 1. The Morgan fingerprint density at radius 3 is 2.61 bits per heavy atom. The van der Waals surface area contributed by atoms with Gasteiger partial charge in [-0.05, 0) is 48.4 Å². The molecule has 2 heterocycles. The van der Waals surface area contributed by atoms with E-state index in [1.54, 1.807) is 37.6 Å². The minimum atomic E-state index is -1.17. The molecule has 2 N–H and O–H groups in total. The summed E-state index contributed by atoms with van der Waals surface area (Å²) < 4.78 is 6.48. The summed E-state index contributed by atoms with van der Waals surface area (Å²) in [6, 6.07) is 6.93. The average molecular weight is 337 g/mol. The number of halogens is 1. The Labute approximate surface area is 139 Å². The molecule has 122 valence electrons. The highest BCUT2D eigenvalue weighted by atomic mass is 35.5. The van der Waals surface area contributed by atoms with Crippen LogP contribution in [-0.4, -0.2) is 29.3 Å². The van der Waals surface area contributed by atoms with Gasteiger partial charge >= 0.3 is 5.97 Å². The summed E-state index contributed by atoms with van der Waals surface area (Å²) in [5, 5.41) is 12.6. The Bertz CT molecular complexity index is 784. The van der Waals surface area contributed by atoms with Crippen molar-refractivity contribution in [2.75, 3.05) is 13.7 Å². The highest BCUT2D eigenvalue weighted by molar-refractivity contribution is 5.89. The van der Waals surface area contributed by atoms with Crippen molar-refractivity contribution in [2.24, 2.45) is 0 Å². The van der Waals surface area contributed by atoms with Gasteiger partial charge in [0.15, 0.2) is 0 Å². The van der Waals surface area contributed by atoms with Crippen molar-refractivity contribution in [1.82, 2.24) is 9.88 Å². The van der Waals surface area contributed by atoms with Crippen molar-refractivity contribution in [2.45, 2.75) is 13.0 Å². The van der Waals surface area contributed by atoms with Crippen LogP contribution < -0.4 is 15.6 Å². The van der Waals surface area contributed by atoms with Crippen LogP contribution in [0.3, 0.4) is 0 Å². The van der Waals surface area contributed by atoms with Gasteiger partial charge in [0.2, 0.25) is 0 Å². The van der Waals surface area contributed by atoms with Gasteiger partial charge in [-0.3, -0.25) is 9.36 Å². The lowest BCUT2D eigenvalue weighted by atomic mass is 9.97. The number of methoxy groups -OCH3 is 1. The van der Waals surface area contributed by atoms with Gasteiger partial charge in [-0.1, -0.05) is 0 Å². The van der Waals surface area contributed by atoms with Gasteiger partial charge in [0.05, 0.1) is 7.11 Å². The molecule has 0 amide bonds. The molecule has 7 heteroatoms. The van der Waals surface area contributed by atoms with Gasteiger partial charge in [-0.15, -0.1) is 12.4 Å². The standard InChI is InChI=1S/C16H16N2O4.ClH/c1-22-12-4-2-11(3-5-12)18-9-10-8-17-7-6-13(10)14(15(18)19)16(20)21;/h2-5,9,17H,6-8H2,1H3,(H,20,21);1H. The quantitative estimate of drug-likeness (QED) is 0.890. The first-order valence-electron chi connectivity index (χ1n) is 6.97. The molecular weight excluding hydrogens is 320 g/mol. The third-order valence-electron chi connectivity index (χ3n) is 3.84. The first-order valence-corrected chi connectivity index (χ1v) is 6.97. The van der Waals surface area contributed by atoms with Gasteiger partial charge in [0.25, 0.3) is 5.56 Å². The molecule has 23 heavy (non-hydrogen) atoms. The van der Waals surface area contributed by atoms with Crippen LogP contribution in [0.1, 0.15) is 21.5 Å². The summed E-state index contributed by atoms with van der Waals surface area (Å²) in [6.07, 6.45) is 2.27. The number of hydrogen-bond acceptors (Lipinski definition) is 4. The second kappa shape index (κ2) is 6.85. The van der Waals surface area contributed by atoms with Crippen molar-refractivity contribution >= 4 is 18.4 Å². The molecule has 1 aromatic carbocycles. The average Bonchev–Trinajstić information content (AvgIpc) is 2.54. The van der Waals surface area contributed by atoms with E-state index >= 15 is 0 Å². The van der Waals surface area contributed by atoms with Crippen LogP contribution in [0.2, 0.25) is 0 Å². The molecule has 1 aliphatic heterocycles. The number of aromatic nitrogens is 1. The zero-order valence-corrected chi connectivity index (χ0v) is 13.4. The lowest BCUT2D eigenvalue weighted by Crippen LogP contribution is -2.33. The largest absolute Gasteiger partial charge is 0.497 e. The van der Waals surface area contributed by atoms with Crippen LogP contribution in [0.15, 0.2) is 35.3 Å². The molecule has 1 aliphatic rings. The van der Waals surface area contributed by atoms with E-state index in [1.165, 1.54) is 4.57 Å². The number of ether oxygens (including phenoxy) is 1. The number of nitrogens with one attached hydrogen (secondary N) is 1. The van der Waals surface area contributed by atoms with Crippen LogP contribution in [0.4, 0.5) is 0 Å². The lowest BCUT2D eigenvalue weighted by molar-refractivity contribution is 0.0693. The number of fused-ring (bicyclic) bond motifs is 1. The smallest absolute Gasteiger partial charge is 0.341 e. The fourth-order valence-electron chi connectivity index (χ4n) is 2.73. The maximum Gasteiger partial charge on any atom is 0.341 e. The van der Waals surface area contributed by atoms with Crippen LogP contribution in [0, 0.1) is 0 Å². The van der Waals surface area contributed by atoms with E-state index in [-0.39, 0.29) is 18.0 Å². The number of aromatic carboxylic acids is 1. The molecule has 0 saturated heterocycles. The highest BCUT2D eigenvalue weighted by Gasteiger charge is 2.23. The van der Waals surface area contributed by atoms with Gasteiger partial charge < -0.3 is 15.2 Å². The predicted molar refractivity (Wildman–Crippen MR) is 88.2 cm³/mol. The number of pyridine rings is 1. The molecular formula is C16H17ClN2O4. The van der Waals surface area contributed by atoms with E-state index in [1.807, 2.05) is 0 Å². The fourth-order valence-corrected chi connectivity index (χ4v) is 2.73. The molecule has 0 spiro atoms. The number of nitrogens with zero attached hydrogens (tertiary/aromatic N) is 1. The van der Waals surface area contributed by atoms with E-state index in [0.29, 0.717) is 36.5 Å². The summed E-state index contributed by atoms with van der Waals surface area (Å²) in [5.41, 5.74) is 1.47. The molecule has 6 nitrogen and oxygen atoms in total. The Balaban J connectivity index is 0.00000192. The Morgan fingerprint density at radius 2 is 2.00 bits per heavy atom. The Morgan fingerprint density at radius 1 is 1.30 bits per heavy atom. The highest BCUT2D eigenvalue weighted by Crippen LogP contribution is 2.19. The number of carbonyl (C=O) groups is 1. The molecule has 0 saturated carbocycles. The van der Waals surface area contributed by atoms with Crippen LogP contribution in [-0.2, 0) is 13.0 Å². The predicted octanol–water partition coefficient (Wildman–Crippen LogP) is 1.61. The molecule has 0 unspecified atom stereocenters. The number of carboxylic acid groups (broad SMARTS) is 1. The topological polar surface area (TPSA) is 80.6 Å². The molecule has 3 rings (SSSR count). The van der Waals surface area contributed by atoms with Gasteiger partial charge in [0.1, 0.15) is 11.3 Å². The number of hydrogen-bond donors (Lipinski definition) is 2. The Kier molecular flexibility index (Phi) is 5.08. The third-order valence-corrected chi connectivity index (χ3v) is 3.84. The maximum atomic E-state index is 12.6.